The minimum atomic E-state index is -1.16. The first-order valence-corrected chi connectivity index (χ1v) is 7.95. The van der Waals surface area contributed by atoms with E-state index in [0.717, 1.165) is 31.3 Å². The predicted octanol–water partition coefficient (Wildman–Crippen LogP) is 3.17. The summed E-state index contributed by atoms with van der Waals surface area (Å²) in [5, 5.41) is 18.3. The molecule has 0 aliphatic carbocycles. The Labute approximate surface area is 144 Å². The van der Waals surface area contributed by atoms with Crippen molar-refractivity contribution in [2.45, 2.75) is 6.42 Å². The fraction of sp³-hybridized carbons (Fsp3) is 0.263. The van der Waals surface area contributed by atoms with Crippen LogP contribution < -0.4 is 4.74 Å². The van der Waals surface area contributed by atoms with Crippen LogP contribution in [0.2, 0.25) is 0 Å². The Hall–Kier alpha value is -2.86. The molecule has 0 spiro atoms. The lowest BCUT2D eigenvalue weighted by molar-refractivity contribution is 0.0696. The van der Waals surface area contributed by atoms with E-state index in [4.69, 9.17) is 19.7 Å². The molecule has 3 rings (SSSR count). The highest BCUT2D eigenvalue weighted by Gasteiger charge is 2.16. The van der Waals surface area contributed by atoms with Crippen LogP contribution in [-0.2, 0) is 4.74 Å². The van der Waals surface area contributed by atoms with Gasteiger partial charge < -0.3 is 19.7 Å². The summed E-state index contributed by atoms with van der Waals surface area (Å²) in [6.07, 6.45) is 0.998. The van der Waals surface area contributed by atoms with Gasteiger partial charge in [-0.2, -0.15) is 0 Å². The normalized spacial score (nSPS) is 16.6. The summed E-state index contributed by atoms with van der Waals surface area (Å²) >= 11 is 0. The third-order valence-corrected chi connectivity index (χ3v) is 4.12. The van der Waals surface area contributed by atoms with Gasteiger partial charge in [0.1, 0.15) is 5.75 Å². The molecular formula is C19H18O6. The fourth-order valence-electron chi connectivity index (χ4n) is 2.71. The number of hydrogen-bond acceptors (Lipinski definition) is 4. The van der Waals surface area contributed by atoms with Gasteiger partial charge in [-0.15, -0.1) is 0 Å². The highest BCUT2D eigenvalue weighted by molar-refractivity contribution is 5.96. The van der Waals surface area contributed by atoms with Crippen LogP contribution in [0.4, 0.5) is 0 Å². The van der Waals surface area contributed by atoms with E-state index < -0.39 is 11.9 Å². The minimum absolute atomic E-state index is 0.0588. The third-order valence-electron chi connectivity index (χ3n) is 4.12. The SMILES string of the molecule is O=C(O)c1cc(C(=O)O)cc(-c2ccc(OCC3CCOC3)cc2)c1. The Morgan fingerprint density at radius 3 is 2.16 bits per heavy atom. The van der Waals surface area contributed by atoms with Crippen molar-refractivity contribution in [2.24, 2.45) is 5.92 Å². The minimum Gasteiger partial charge on any atom is -0.493 e. The summed E-state index contributed by atoms with van der Waals surface area (Å²) in [4.78, 5) is 22.4. The number of ether oxygens (including phenoxy) is 2. The topological polar surface area (TPSA) is 93.1 Å². The highest BCUT2D eigenvalue weighted by atomic mass is 16.5. The van der Waals surface area contributed by atoms with Crippen LogP contribution in [0.3, 0.4) is 0 Å². The molecule has 0 bridgehead atoms. The quantitative estimate of drug-likeness (QED) is 0.837. The molecule has 0 amide bonds. The Kier molecular flexibility index (Phi) is 5.00. The Morgan fingerprint density at radius 2 is 1.64 bits per heavy atom. The first-order chi connectivity index (χ1) is 12.0. The molecule has 1 aliphatic rings. The lowest BCUT2D eigenvalue weighted by Crippen LogP contribution is -2.11. The van der Waals surface area contributed by atoms with Crippen molar-refractivity contribution in [2.75, 3.05) is 19.8 Å². The molecule has 130 valence electrons. The van der Waals surface area contributed by atoms with Crippen molar-refractivity contribution in [3.8, 4) is 16.9 Å². The largest absolute Gasteiger partial charge is 0.493 e. The molecule has 1 saturated heterocycles. The van der Waals surface area contributed by atoms with Crippen molar-refractivity contribution in [1.82, 2.24) is 0 Å². The van der Waals surface area contributed by atoms with Gasteiger partial charge in [0.25, 0.3) is 0 Å². The van der Waals surface area contributed by atoms with E-state index in [1.807, 2.05) is 0 Å². The molecule has 0 saturated carbocycles. The smallest absolute Gasteiger partial charge is 0.335 e. The zero-order chi connectivity index (χ0) is 17.8. The number of benzene rings is 2. The van der Waals surface area contributed by atoms with Gasteiger partial charge in [-0.05, 0) is 47.9 Å². The van der Waals surface area contributed by atoms with E-state index in [-0.39, 0.29) is 11.1 Å². The molecule has 0 aromatic heterocycles. The molecule has 1 heterocycles. The summed E-state index contributed by atoms with van der Waals surface area (Å²) in [7, 11) is 0. The average molecular weight is 342 g/mol. The summed E-state index contributed by atoms with van der Waals surface area (Å²) in [5.74, 6) is -1.21. The van der Waals surface area contributed by atoms with Gasteiger partial charge in [0, 0.05) is 12.5 Å². The number of carboxylic acid groups (broad SMARTS) is 2. The van der Waals surface area contributed by atoms with Crippen LogP contribution in [0.1, 0.15) is 27.1 Å². The van der Waals surface area contributed by atoms with Gasteiger partial charge in [0.05, 0.1) is 24.3 Å². The van der Waals surface area contributed by atoms with Crippen molar-refractivity contribution in [1.29, 1.82) is 0 Å². The second-order valence-electron chi connectivity index (χ2n) is 5.97. The van der Waals surface area contributed by atoms with E-state index in [1.54, 1.807) is 24.3 Å². The van der Waals surface area contributed by atoms with E-state index in [1.165, 1.54) is 12.1 Å². The van der Waals surface area contributed by atoms with Crippen LogP contribution in [0.5, 0.6) is 5.75 Å². The molecule has 25 heavy (non-hydrogen) atoms. The van der Waals surface area contributed by atoms with Crippen molar-refractivity contribution in [3.63, 3.8) is 0 Å². The van der Waals surface area contributed by atoms with Crippen molar-refractivity contribution in [3.05, 3.63) is 53.6 Å². The van der Waals surface area contributed by atoms with Gasteiger partial charge in [0.15, 0.2) is 0 Å². The van der Waals surface area contributed by atoms with E-state index in [9.17, 15) is 9.59 Å². The first kappa shape index (κ1) is 17.0. The number of carbonyl (C=O) groups is 2. The number of aromatic carboxylic acids is 2. The molecule has 6 nitrogen and oxygen atoms in total. The standard InChI is InChI=1S/C19H18O6/c20-18(21)15-7-14(8-16(9-15)19(22)23)13-1-3-17(4-2-13)25-11-12-5-6-24-10-12/h1-4,7-9,12H,5-6,10-11H2,(H,20,21)(H,22,23). The predicted molar refractivity (Wildman–Crippen MR) is 90.2 cm³/mol. The maximum atomic E-state index is 11.2. The van der Waals surface area contributed by atoms with Crippen molar-refractivity contribution >= 4 is 11.9 Å². The van der Waals surface area contributed by atoms with E-state index >= 15 is 0 Å². The highest BCUT2D eigenvalue weighted by Crippen LogP contribution is 2.26. The summed E-state index contributed by atoms with van der Waals surface area (Å²) < 4.78 is 11.0. The van der Waals surface area contributed by atoms with Crippen LogP contribution in [-0.4, -0.2) is 42.0 Å². The van der Waals surface area contributed by atoms with Crippen molar-refractivity contribution < 1.29 is 29.3 Å². The molecule has 2 N–H and O–H groups in total. The fourth-order valence-corrected chi connectivity index (χ4v) is 2.71. The molecule has 1 unspecified atom stereocenters. The zero-order valence-electron chi connectivity index (χ0n) is 13.5. The second-order valence-corrected chi connectivity index (χ2v) is 5.97. The summed E-state index contributed by atoms with van der Waals surface area (Å²) in [5.41, 5.74) is 1.14. The van der Waals surface area contributed by atoms with Crippen LogP contribution in [0.25, 0.3) is 11.1 Å². The first-order valence-electron chi connectivity index (χ1n) is 7.95. The number of carboxylic acids is 2. The molecule has 0 radical (unpaired) electrons. The maximum absolute atomic E-state index is 11.2. The molecule has 2 aromatic carbocycles. The monoisotopic (exact) mass is 342 g/mol. The Bertz CT molecular complexity index is 743. The van der Waals surface area contributed by atoms with Gasteiger partial charge >= 0.3 is 11.9 Å². The summed E-state index contributed by atoms with van der Waals surface area (Å²) in [6.45, 7) is 2.09. The Morgan fingerprint density at radius 1 is 1.00 bits per heavy atom. The average Bonchev–Trinajstić information content (AvgIpc) is 3.13. The zero-order valence-corrected chi connectivity index (χ0v) is 13.5. The molecule has 1 atom stereocenters. The van der Waals surface area contributed by atoms with Crippen LogP contribution in [0.15, 0.2) is 42.5 Å². The summed E-state index contributed by atoms with van der Waals surface area (Å²) in [6, 6.07) is 11.2. The van der Waals surface area contributed by atoms with Gasteiger partial charge in [-0.3, -0.25) is 0 Å². The lowest BCUT2D eigenvalue weighted by atomic mass is 9.99. The number of rotatable bonds is 6. The molecule has 1 fully saturated rings. The lowest BCUT2D eigenvalue weighted by Gasteiger charge is -2.11. The molecule has 6 heteroatoms. The molecule has 2 aromatic rings. The maximum Gasteiger partial charge on any atom is 0.335 e. The van der Waals surface area contributed by atoms with Crippen LogP contribution in [0, 0.1) is 5.92 Å². The number of hydrogen-bond donors (Lipinski definition) is 2. The van der Waals surface area contributed by atoms with E-state index in [0.29, 0.717) is 23.8 Å². The van der Waals surface area contributed by atoms with Gasteiger partial charge in [-0.25, -0.2) is 9.59 Å². The van der Waals surface area contributed by atoms with Gasteiger partial charge in [0.2, 0.25) is 0 Å². The van der Waals surface area contributed by atoms with Gasteiger partial charge in [-0.1, -0.05) is 12.1 Å². The van der Waals surface area contributed by atoms with E-state index in [2.05, 4.69) is 0 Å². The second kappa shape index (κ2) is 7.36. The third kappa shape index (κ3) is 4.16. The molecular weight excluding hydrogens is 324 g/mol. The van der Waals surface area contributed by atoms with Crippen LogP contribution >= 0.6 is 0 Å². The molecule has 1 aliphatic heterocycles. The Balaban J connectivity index is 1.79.